The van der Waals surface area contributed by atoms with Crippen molar-refractivity contribution in [3.8, 4) is 0 Å². The normalized spacial score (nSPS) is 14.8. The first-order valence-corrected chi connectivity index (χ1v) is 6.75. The minimum atomic E-state index is -0.295. The summed E-state index contributed by atoms with van der Waals surface area (Å²) in [5.41, 5.74) is 9.43. The van der Waals surface area contributed by atoms with Crippen molar-refractivity contribution in [2.24, 2.45) is 5.73 Å². The molecule has 4 nitrogen and oxygen atoms in total. The van der Waals surface area contributed by atoms with Gasteiger partial charge >= 0.3 is 5.97 Å². The van der Waals surface area contributed by atoms with E-state index in [9.17, 15) is 4.79 Å². The van der Waals surface area contributed by atoms with Crippen LogP contribution in [0.2, 0.25) is 0 Å². The summed E-state index contributed by atoms with van der Waals surface area (Å²) in [6.07, 6.45) is 4.54. The summed E-state index contributed by atoms with van der Waals surface area (Å²) < 4.78 is 7.06. The average molecular weight is 258 g/mol. The van der Waals surface area contributed by atoms with Crippen LogP contribution in [0.4, 0.5) is 0 Å². The second-order valence-corrected chi connectivity index (χ2v) is 4.97. The zero-order valence-electron chi connectivity index (χ0n) is 11.1. The van der Waals surface area contributed by atoms with Crippen LogP contribution < -0.4 is 5.73 Å². The van der Waals surface area contributed by atoms with Crippen LogP contribution in [0, 0.1) is 0 Å². The Kier molecular flexibility index (Phi) is 3.03. The lowest BCUT2D eigenvalue weighted by Gasteiger charge is -2.06. The van der Waals surface area contributed by atoms with Crippen LogP contribution in [-0.4, -0.2) is 17.0 Å². The van der Waals surface area contributed by atoms with Crippen molar-refractivity contribution in [3.05, 3.63) is 41.2 Å². The molecule has 2 N–H and O–H groups in total. The Balaban J connectivity index is 2.14. The van der Waals surface area contributed by atoms with Crippen LogP contribution in [0.1, 0.15) is 47.3 Å². The maximum Gasteiger partial charge on any atom is 0.355 e. The Morgan fingerprint density at radius 1 is 1.47 bits per heavy atom. The summed E-state index contributed by atoms with van der Waals surface area (Å²) in [5, 5.41) is 0. The van der Waals surface area contributed by atoms with Gasteiger partial charge in [0.2, 0.25) is 0 Å². The van der Waals surface area contributed by atoms with Crippen LogP contribution in [0.5, 0.6) is 0 Å². The summed E-state index contributed by atoms with van der Waals surface area (Å²) in [7, 11) is 0. The third kappa shape index (κ3) is 2.12. The molecule has 0 radical (unpaired) electrons. The van der Waals surface area contributed by atoms with Crippen molar-refractivity contribution in [2.45, 2.75) is 32.2 Å². The highest BCUT2D eigenvalue weighted by Crippen LogP contribution is 2.40. The number of hydrogen-bond donors (Lipinski definition) is 1. The van der Waals surface area contributed by atoms with Gasteiger partial charge in [-0.05, 0) is 48.9 Å². The number of fused-ring (bicyclic) bond motifs is 1. The molecule has 1 saturated carbocycles. The number of carbonyl (C=O) groups excluding carboxylic acids is 1. The maximum absolute atomic E-state index is 12.1. The number of pyridine rings is 1. The molecule has 0 bridgehead atoms. The number of nitrogens with zero attached hydrogens (tertiary/aromatic N) is 1. The van der Waals surface area contributed by atoms with Gasteiger partial charge in [-0.3, -0.25) is 0 Å². The van der Waals surface area contributed by atoms with Crippen LogP contribution in [0.3, 0.4) is 0 Å². The van der Waals surface area contributed by atoms with Gasteiger partial charge in [0.05, 0.1) is 6.61 Å². The molecule has 3 rings (SSSR count). The van der Waals surface area contributed by atoms with Gasteiger partial charge in [0, 0.05) is 18.3 Å². The fourth-order valence-electron chi connectivity index (χ4n) is 2.48. The minimum absolute atomic E-state index is 0.295. The molecule has 1 aliphatic rings. The average Bonchev–Trinajstić information content (AvgIpc) is 3.18. The molecule has 0 unspecified atom stereocenters. The van der Waals surface area contributed by atoms with E-state index in [1.54, 1.807) is 0 Å². The fraction of sp³-hybridized carbons (Fsp3) is 0.400. The molecule has 0 aliphatic heterocycles. The van der Waals surface area contributed by atoms with E-state index in [1.807, 2.05) is 17.4 Å². The van der Waals surface area contributed by atoms with Gasteiger partial charge in [-0.25, -0.2) is 4.79 Å². The molecule has 100 valence electrons. The zero-order chi connectivity index (χ0) is 13.4. The van der Waals surface area contributed by atoms with Crippen molar-refractivity contribution in [1.82, 2.24) is 4.40 Å². The van der Waals surface area contributed by atoms with E-state index in [0.29, 0.717) is 24.8 Å². The Bertz CT molecular complexity index is 626. The highest BCUT2D eigenvalue weighted by Gasteiger charge is 2.25. The van der Waals surface area contributed by atoms with E-state index >= 15 is 0 Å². The van der Waals surface area contributed by atoms with Crippen molar-refractivity contribution in [2.75, 3.05) is 6.61 Å². The number of nitrogens with two attached hydrogens (primary N) is 1. The topological polar surface area (TPSA) is 56.7 Å². The third-order valence-corrected chi connectivity index (χ3v) is 3.61. The lowest BCUT2D eigenvalue weighted by atomic mass is 10.2. The molecular formula is C15H18N2O2. The van der Waals surface area contributed by atoms with Crippen LogP contribution in [0.25, 0.3) is 5.52 Å². The lowest BCUT2D eigenvalue weighted by molar-refractivity contribution is 0.0517. The SMILES string of the molecule is CCOC(=O)c1c(CN)cc2ccc(C3CC3)cn12. The van der Waals surface area contributed by atoms with Gasteiger partial charge in [0.15, 0.2) is 0 Å². The summed E-state index contributed by atoms with van der Waals surface area (Å²) in [6, 6.07) is 6.15. The molecule has 0 amide bonds. The molecule has 0 saturated heterocycles. The molecule has 1 aliphatic carbocycles. The largest absolute Gasteiger partial charge is 0.461 e. The number of hydrogen-bond acceptors (Lipinski definition) is 3. The predicted molar refractivity (Wildman–Crippen MR) is 73.2 cm³/mol. The van der Waals surface area contributed by atoms with Gasteiger partial charge in [-0.15, -0.1) is 0 Å². The number of esters is 1. The van der Waals surface area contributed by atoms with E-state index in [-0.39, 0.29) is 5.97 Å². The van der Waals surface area contributed by atoms with Gasteiger partial charge in [0.1, 0.15) is 5.69 Å². The Morgan fingerprint density at radius 3 is 2.89 bits per heavy atom. The van der Waals surface area contributed by atoms with Gasteiger partial charge < -0.3 is 14.9 Å². The van der Waals surface area contributed by atoms with Crippen molar-refractivity contribution < 1.29 is 9.53 Å². The number of ether oxygens (including phenoxy) is 1. The molecule has 2 aromatic rings. The third-order valence-electron chi connectivity index (χ3n) is 3.61. The molecular weight excluding hydrogens is 240 g/mol. The van der Waals surface area contributed by atoms with E-state index in [1.165, 1.54) is 18.4 Å². The maximum atomic E-state index is 12.1. The van der Waals surface area contributed by atoms with Crippen molar-refractivity contribution in [3.63, 3.8) is 0 Å². The van der Waals surface area contributed by atoms with E-state index in [4.69, 9.17) is 10.5 Å². The molecule has 2 heterocycles. The number of aromatic nitrogens is 1. The van der Waals surface area contributed by atoms with Gasteiger partial charge in [0.25, 0.3) is 0 Å². The lowest BCUT2D eigenvalue weighted by Crippen LogP contribution is -2.12. The minimum Gasteiger partial charge on any atom is -0.461 e. The predicted octanol–water partition coefficient (Wildman–Crippen LogP) is 2.45. The van der Waals surface area contributed by atoms with Crippen molar-refractivity contribution in [1.29, 1.82) is 0 Å². The summed E-state index contributed by atoms with van der Waals surface area (Å²) in [5.74, 6) is 0.360. The first kappa shape index (κ1) is 12.2. The van der Waals surface area contributed by atoms with E-state index < -0.39 is 0 Å². The molecule has 2 aromatic heterocycles. The molecule has 0 spiro atoms. The Hall–Kier alpha value is -1.81. The Labute approximate surface area is 112 Å². The molecule has 4 heteroatoms. The monoisotopic (exact) mass is 258 g/mol. The fourth-order valence-corrected chi connectivity index (χ4v) is 2.48. The number of rotatable bonds is 4. The molecule has 0 aromatic carbocycles. The van der Waals surface area contributed by atoms with Gasteiger partial charge in [-0.2, -0.15) is 0 Å². The highest BCUT2D eigenvalue weighted by molar-refractivity contribution is 5.91. The second kappa shape index (κ2) is 4.70. The van der Waals surface area contributed by atoms with E-state index in [0.717, 1.165) is 11.1 Å². The summed E-state index contributed by atoms with van der Waals surface area (Å²) >= 11 is 0. The first-order chi connectivity index (χ1) is 9.24. The zero-order valence-corrected chi connectivity index (χ0v) is 11.1. The van der Waals surface area contributed by atoms with Gasteiger partial charge in [-0.1, -0.05) is 6.07 Å². The summed E-state index contributed by atoms with van der Waals surface area (Å²) in [6.45, 7) is 2.53. The Morgan fingerprint density at radius 2 is 2.26 bits per heavy atom. The highest BCUT2D eigenvalue weighted by atomic mass is 16.5. The standard InChI is InChI=1S/C15H18N2O2/c1-2-19-15(18)14-12(8-16)7-13-6-5-11(9-17(13)14)10-3-4-10/h5-7,9-10H,2-4,8,16H2,1H3. The van der Waals surface area contributed by atoms with Crippen LogP contribution in [-0.2, 0) is 11.3 Å². The van der Waals surface area contributed by atoms with Crippen LogP contribution >= 0.6 is 0 Å². The summed E-state index contributed by atoms with van der Waals surface area (Å²) in [4.78, 5) is 12.1. The number of carbonyl (C=O) groups is 1. The molecule has 0 atom stereocenters. The quantitative estimate of drug-likeness (QED) is 0.857. The van der Waals surface area contributed by atoms with E-state index in [2.05, 4.69) is 18.3 Å². The smallest absolute Gasteiger partial charge is 0.355 e. The second-order valence-electron chi connectivity index (χ2n) is 4.97. The molecule has 19 heavy (non-hydrogen) atoms. The van der Waals surface area contributed by atoms with Crippen molar-refractivity contribution >= 4 is 11.5 Å². The molecule has 1 fully saturated rings. The first-order valence-electron chi connectivity index (χ1n) is 6.75. The van der Waals surface area contributed by atoms with Crippen LogP contribution in [0.15, 0.2) is 24.4 Å².